The summed E-state index contributed by atoms with van der Waals surface area (Å²) in [7, 11) is 0. The third-order valence-electron chi connectivity index (χ3n) is 10.1. The molecule has 0 aliphatic rings. The van der Waals surface area contributed by atoms with Gasteiger partial charge in [-0.1, -0.05) is 84.4 Å². The third kappa shape index (κ3) is 16.1. The van der Waals surface area contributed by atoms with Crippen molar-refractivity contribution in [3.63, 3.8) is 0 Å². The SMILES string of the molecule is Cc1ccc(-c2cc[c-]c(-c3cccc(C)n3)c2)cc1.Cc1cccc(-c2[c-]cccc2)n1.FC(F)(F)c1cccc(-c2ccnc(-c3[c-]cccc3)c2)c1.[Ir].[Ir].[c-]1ccccc1-c1ccccn1. The van der Waals surface area contributed by atoms with E-state index in [1.807, 2.05) is 141 Å². The zero-order valence-corrected chi connectivity index (χ0v) is 42.7. The Morgan fingerprint density at radius 1 is 0.362 bits per heavy atom. The zero-order chi connectivity index (χ0) is 46.9. The Labute approximate surface area is 430 Å². The minimum absolute atomic E-state index is 0. The topological polar surface area (TPSA) is 51.6 Å². The molecule has 0 fully saturated rings. The van der Waals surface area contributed by atoms with Gasteiger partial charge in [-0.2, -0.15) is 13.2 Å². The van der Waals surface area contributed by atoms with Crippen LogP contribution in [-0.4, -0.2) is 19.9 Å². The quantitative estimate of drug-likeness (QED) is 0.156. The van der Waals surface area contributed by atoms with E-state index in [0.29, 0.717) is 16.8 Å². The zero-order valence-electron chi connectivity index (χ0n) is 37.9. The van der Waals surface area contributed by atoms with Crippen LogP contribution in [0.15, 0.2) is 219 Å². The summed E-state index contributed by atoms with van der Waals surface area (Å²) in [5.74, 6) is 0. The van der Waals surface area contributed by atoms with E-state index in [0.717, 1.165) is 62.9 Å². The predicted octanol–water partition coefficient (Wildman–Crippen LogP) is 15.5. The normalized spacial score (nSPS) is 10.2. The summed E-state index contributed by atoms with van der Waals surface area (Å²) in [6.07, 6.45) is -0.971. The monoisotopic (exact) mass is 1260 g/mol. The van der Waals surface area contributed by atoms with Gasteiger partial charge >= 0.3 is 6.18 Å². The molecule has 0 bridgehead atoms. The first-order chi connectivity index (χ1) is 32.6. The maximum absolute atomic E-state index is 12.8. The molecule has 0 atom stereocenters. The third-order valence-corrected chi connectivity index (χ3v) is 10.1. The smallest absolute Gasteiger partial charge is 0.305 e. The summed E-state index contributed by atoms with van der Waals surface area (Å²) in [5, 5.41) is 0. The van der Waals surface area contributed by atoms with E-state index in [2.05, 4.69) is 87.5 Å². The standard InChI is InChI=1S/C19H16N.C18H11F3N.C12H10N.C11H8N.2Ir/c1-14-9-11-16(12-10-14)17-6-4-7-18(13-17)19-8-3-5-15(2)20-19;19-18(20,21)16-8-4-7-14(11-16)15-9-10-22-17(12-15)13-5-2-1-3-6-13;1-10-6-5-9-12(13-10)11-7-3-2-4-8-11;1-2-6-10(7-3-1)11-8-4-5-9-12-11;;/h3-6,8-13H,1-2H3;1-5,7-12H;2-7,9H,1H3;1-6,8-9H;;/q4*-1;;. The van der Waals surface area contributed by atoms with Crippen molar-refractivity contribution in [2.24, 2.45) is 0 Å². The molecule has 10 rings (SSSR count). The summed E-state index contributed by atoms with van der Waals surface area (Å²) in [4.78, 5) is 17.4. The van der Waals surface area contributed by atoms with Gasteiger partial charge in [-0.05, 0) is 96.6 Å². The second kappa shape index (κ2) is 26.5. The Morgan fingerprint density at radius 3 is 1.41 bits per heavy atom. The van der Waals surface area contributed by atoms with Crippen molar-refractivity contribution in [2.45, 2.75) is 26.9 Å². The first kappa shape index (κ1) is 53.0. The van der Waals surface area contributed by atoms with Crippen LogP contribution >= 0.6 is 0 Å². The molecule has 9 heteroatoms. The number of halogens is 3. The van der Waals surface area contributed by atoms with E-state index < -0.39 is 11.7 Å². The van der Waals surface area contributed by atoms with Crippen molar-refractivity contribution in [1.82, 2.24) is 19.9 Å². The molecule has 0 N–H and O–H groups in total. The predicted molar refractivity (Wildman–Crippen MR) is 264 cm³/mol. The molecule has 0 amide bonds. The number of alkyl halides is 3. The minimum Gasteiger partial charge on any atom is -0.305 e. The van der Waals surface area contributed by atoms with E-state index in [1.54, 1.807) is 36.7 Å². The van der Waals surface area contributed by atoms with Gasteiger partial charge in [0, 0.05) is 64.0 Å². The number of hydrogen-bond acceptors (Lipinski definition) is 4. The molecular formula is C60H45F3Ir2N4-4. The van der Waals surface area contributed by atoms with Crippen LogP contribution in [0.4, 0.5) is 13.2 Å². The Hall–Kier alpha value is -6.99. The average molecular weight is 1260 g/mol. The number of rotatable bonds is 6. The van der Waals surface area contributed by atoms with E-state index >= 15 is 0 Å². The van der Waals surface area contributed by atoms with Crippen LogP contribution in [0.3, 0.4) is 0 Å². The van der Waals surface area contributed by atoms with Crippen molar-refractivity contribution in [2.75, 3.05) is 0 Å². The molecule has 0 saturated carbocycles. The van der Waals surface area contributed by atoms with E-state index in [9.17, 15) is 13.2 Å². The number of nitrogens with zero attached hydrogens (tertiary/aromatic N) is 4. The molecular weight excluding hydrogens is 1220 g/mol. The number of pyridine rings is 4. The van der Waals surface area contributed by atoms with Gasteiger partial charge in [-0.15, -0.1) is 143 Å². The van der Waals surface area contributed by atoms with Crippen LogP contribution in [-0.2, 0) is 46.4 Å². The second-order valence-corrected chi connectivity index (χ2v) is 15.2. The summed E-state index contributed by atoms with van der Waals surface area (Å²) in [6.45, 7) is 6.10. The van der Waals surface area contributed by atoms with E-state index in [1.165, 1.54) is 22.8 Å². The van der Waals surface area contributed by atoms with Crippen molar-refractivity contribution in [3.05, 3.63) is 265 Å². The molecule has 4 nitrogen and oxygen atoms in total. The molecule has 69 heavy (non-hydrogen) atoms. The van der Waals surface area contributed by atoms with Crippen molar-refractivity contribution >= 4 is 0 Å². The van der Waals surface area contributed by atoms with Gasteiger partial charge in [0.15, 0.2) is 0 Å². The summed E-state index contributed by atoms with van der Waals surface area (Å²) >= 11 is 0. The number of benzene rings is 6. The molecule has 0 spiro atoms. The van der Waals surface area contributed by atoms with Crippen LogP contribution in [0.25, 0.3) is 67.3 Å². The fourth-order valence-corrected chi connectivity index (χ4v) is 6.74. The largest absolute Gasteiger partial charge is 0.416 e. The molecule has 6 aromatic carbocycles. The van der Waals surface area contributed by atoms with Crippen LogP contribution in [0.1, 0.15) is 22.5 Å². The van der Waals surface area contributed by atoms with Crippen LogP contribution in [0.2, 0.25) is 0 Å². The van der Waals surface area contributed by atoms with Gasteiger partial charge in [0.05, 0.1) is 5.56 Å². The molecule has 0 aliphatic heterocycles. The van der Waals surface area contributed by atoms with E-state index in [4.69, 9.17) is 0 Å². The van der Waals surface area contributed by atoms with Crippen LogP contribution in [0.5, 0.6) is 0 Å². The molecule has 0 saturated heterocycles. The van der Waals surface area contributed by atoms with Gasteiger partial charge < -0.3 is 19.9 Å². The molecule has 2 radical (unpaired) electrons. The fourth-order valence-electron chi connectivity index (χ4n) is 6.74. The molecule has 4 heterocycles. The fraction of sp³-hybridized carbons (Fsp3) is 0.0667. The molecule has 10 aromatic rings. The maximum atomic E-state index is 12.8. The Kier molecular flexibility index (Phi) is 20.4. The maximum Gasteiger partial charge on any atom is 0.416 e. The summed E-state index contributed by atoms with van der Waals surface area (Å²) in [6, 6.07) is 77.1. The van der Waals surface area contributed by atoms with Crippen molar-refractivity contribution < 1.29 is 53.4 Å². The van der Waals surface area contributed by atoms with Crippen LogP contribution in [0, 0.1) is 45.0 Å². The van der Waals surface area contributed by atoms with Gasteiger partial charge in [-0.3, -0.25) is 0 Å². The van der Waals surface area contributed by atoms with Crippen LogP contribution < -0.4 is 0 Å². The molecule has 0 aliphatic carbocycles. The van der Waals surface area contributed by atoms with E-state index in [-0.39, 0.29) is 40.2 Å². The van der Waals surface area contributed by atoms with Gasteiger partial charge in [-0.25, -0.2) is 0 Å². The summed E-state index contributed by atoms with van der Waals surface area (Å²) < 4.78 is 38.4. The molecule has 4 aromatic heterocycles. The average Bonchev–Trinajstić information content (AvgIpc) is 3.38. The Morgan fingerprint density at radius 2 is 0.855 bits per heavy atom. The first-order valence-electron chi connectivity index (χ1n) is 21.5. The first-order valence-corrected chi connectivity index (χ1v) is 21.5. The van der Waals surface area contributed by atoms with Gasteiger partial charge in [0.1, 0.15) is 0 Å². The van der Waals surface area contributed by atoms with Gasteiger partial charge in [0.2, 0.25) is 0 Å². The molecule has 0 unspecified atom stereocenters. The van der Waals surface area contributed by atoms with Gasteiger partial charge in [0.25, 0.3) is 0 Å². The number of hydrogen-bond donors (Lipinski definition) is 0. The minimum atomic E-state index is -4.35. The Bertz CT molecular complexity index is 3040. The Balaban J connectivity index is 0.000000175. The van der Waals surface area contributed by atoms with Crippen molar-refractivity contribution in [1.29, 1.82) is 0 Å². The number of aryl methyl sites for hydroxylation is 3. The van der Waals surface area contributed by atoms with Crippen molar-refractivity contribution in [3.8, 4) is 67.3 Å². The second-order valence-electron chi connectivity index (χ2n) is 15.2. The number of aromatic nitrogens is 4. The molecule has 348 valence electrons. The summed E-state index contributed by atoms with van der Waals surface area (Å²) in [5.41, 5.74) is 13.8.